The first-order valence-corrected chi connectivity index (χ1v) is 9.84. The molecule has 0 unspecified atom stereocenters. The highest BCUT2D eigenvalue weighted by molar-refractivity contribution is 5.56. The number of aromatic nitrogens is 2. The van der Waals surface area contributed by atoms with E-state index in [9.17, 15) is 9.90 Å². The lowest BCUT2D eigenvalue weighted by Gasteiger charge is -2.28. The van der Waals surface area contributed by atoms with Gasteiger partial charge < -0.3 is 19.6 Å². The van der Waals surface area contributed by atoms with Crippen LogP contribution in [-0.4, -0.2) is 40.7 Å². The zero-order valence-electron chi connectivity index (χ0n) is 17.4. The van der Waals surface area contributed by atoms with Crippen LogP contribution in [0.3, 0.4) is 0 Å². The van der Waals surface area contributed by atoms with Crippen LogP contribution in [0.5, 0.6) is 17.2 Å². The number of nitrogens with zero attached hydrogens (tertiary/aromatic N) is 2. The molecule has 0 saturated heterocycles. The second-order valence-electron chi connectivity index (χ2n) is 7.52. The van der Waals surface area contributed by atoms with Gasteiger partial charge in [0.25, 0.3) is 5.56 Å². The Labute approximate surface area is 174 Å². The lowest BCUT2D eigenvalue weighted by atomic mass is 10.0. The fourth-order valence-corrected chi connectivity index (χ4v) is 3.83. The molecule has 2 heterocycles. The Morgan fingerprint density at radius 2 is 1.93 bits per heavy atom. The van der Waals surface area contributed by atoms with Crippen LogP contribution in [-0.2, 0) is 19.5 Å². The lowest BCUT2D eigenvalue weighted by Crippen LogP contribution is -2.35. The smallest absolute Gasteiger partial charge is 0.254 e. The number of benzene rings is 2. The molecule has 0 atom stereocenters. The van der Waals surface area contributed by atoms with Crippen LogP contribution >= 0.6 is 0 Å². The Hall–Kier alpha value is -3.32. The SMILES string of the molecule is COc1cc(CN2CCc3c(nc(-c4ccc(C)cc4)[nH]c3=O)C2)cc(O)c1OC. The molecule has 0 bridgehead atoms. The molecule has 0 amide bonds. The number of ether oxygens (including phenoxy) is 2. The van der Waals surface area contributed by atoms with Gasteiger partial charge in [-0.2, -0.15) is 0 Å². The number of hydrogen-bond donors (Lipinski definition) is 2. The summed E-state index contributed by atoms with van der Waals surface area (Å²) in [5.41, 5.74) is 4.42. The van der Waals surface area contributed by atoms with E-state index in [-0.39, 0.29) is 11.3 Å². The number of aromatic amines is 1. The highest BCUT2D eigenvalue weighted by Gasteiger charge is 2.22. The summed E-state index contributed by atoms with van der Waals surface area (Å²) in [6, 6.07) is 11.5. The lowest BCUT2D eigenvalue weighted by molar-refractivity contribution is 0.239. The van der Waals surface area contributed by atoms with E-state index in [1.807, 2.05) is 37.3 Å². The van der Waals surface area contributed by atoms with Crippen molar-refractivity contribution in [2.45, 2.75) is 26.4 Å². The second kappa shape index (κ2) is 8.20. The molecule has 3 aromatic rings. The fraction of sp³-hybridized carbons (Fsp3) is 0.304. The number of phenols is 1. The molecule has 156 valence electrons. The van der Waals surface area contributed by atoms with Gasteiger partial charge in [-0.05, 0) is 31.0 Å². The predicted molar refractivity (Wildman–Crippen MR) is 114 cm³/mol. The molecule has 0 saturated carbocycles. The summed E-state index contributed by atoms with van der Waals surface area (Å²) in [4.78, 5) is 22.5. The van der Waals surface area contributed by atoms with Crippen LogP contribution in [0.25, 0.3) is 11.4 Å². The molecule has 0 radical (unpaired) electrons. The largest absolute Gasteiger partial charge is 0.504 e. The number of aryl methyl sites for hydroxylation is 1. The summed E-state index contributed by atoms with van der Waals surface area (Å²) < 4.78 is 10.5. The number of phenolic OH excluding ortho intramolecular Hbond substituents is 1. The quantitative estimate of drug-likeness (QED) is 0.676. The van der Waals surface area contributed by atoms with E-state index in [1.165, 1.54) is 7.11 Å². The summed E-state index contributed by atoms with van der Waals surface area (Å²) in [7, 11) is 3.04. The molecule has 0 fully saturated rings. The van der Waals surface area contributed by atoms with Crippen molar-refractivity contribution >= 4 is 0 Å². The van der Waals surface area contributed by atoms with Crippen LogP contribution in [0.15, 0.2) is 41.2 Å². The normalized spacial score (nSPS) is 13.7. The highest BCUT2D eigenvalue weighted by Crippen LogP contribution is 2.37. The van der Waals surface area contributed by atoms with E-state index in [1.54, 1.807) is 13.2 Å². The first kappa shape index (κ1) is 20.0. The molecule has 0 spiro atoms. The second-order valence-corrected chi connectivity index (χ2v) is 7.52. The van der Waals surface area contributed by atoms with Gasteiger partial charge >= 0.3 is 0 Å². The van der Waals surface area contributed by atoms with Crippen molar-refractivity contribution in [3.63, 3.8) is 0 Å². The van der Waals surface area contributed by atoms with Crippen molar-refractivity contribution in [2.75, 3.05) is 20.8 Å². The van der Waals surface area contributed by atoms with Gasteiger partial charge in [0.05, 0.1) is 19.9 Å². The maximum atomic E-state index is 12.6. The standard InChI is InChI=1S/C23H25N3O4/c1-14-4-6-16(7-5-14)22-24-18-13-26(9-8-17(18)23(28)25-22)12-15-10-19(27)21(30-3)20(11-15)29-2/h4-7,10-11,27H,8-9,12-13H2,1-3H3,(H,24,25,28). The van der Waals surface area contributed by atoms with Gasteiger partial charge in [-0.25, -0.2) is 4.98 Å². The number of rotatable bonds is 5. The molecule has 1 aliphatic heterocycles. The average Bonchev–Trinajstić information content (AvgIpc) is 2.73. The molecule has 30 heavy (non-hydrogen) atoms. The van der Waals surface area contributed by atoms with Crippen LogP contribution in [0.1, 0.15) is 22.4 Å². The van der Waals surface area contributed by atoms with Crippen LogP contribution in [0.4, 0.5) is 0 Å². The summed E-state index contributed by atoms with van der Waals surface area (Å²) in [5, 5.41) is 10.2. The monoisotopic (exact) mass is 407 g/mol. The maximum absolute atomic E-state index is 12.6. The average molecular weight is 407 g/mol. The minimum Gasteiger partial charge on any atom is -0.504 e. The minimum absolute atomic E-state index is 0.0421. The zero-order chi connectivity index (χ0) is 21.3. The van der Waals surface area contributed by atoms with E-state index in [4.69, 9.17) is 14.5 Å². The number of methoxy groups -OCH3 is 2. The van der Waals surface area contributed by atoms with Crippen molar-refractivity contribution in [3.8, 4) is 28.6 Å². The number of fused-ring (bicyclic) bond motifs is 1. The summed E-state index contributed by atoms with van der Waals surface area (Å²) in [6.07, 6.45) is 0.630. The number of H-pyrrole nitrogens is 1. The summed E-state index contributed by atoms with van der Waals surface area (Å²) in [5.74, 6) is 1.44. The molecular formula is C23H25N3O4. The van der Waals surface area contributed by atoms with Crippen LogP contribution < -0.4 is 15.0 Å². The first-order chi connectivity index (χ1) is 14.5. The maximum Gasteiger partial charge on any atom is 0.254 e. The Kier molecular flexibility index (Phi) is 5.46. The third-order valence-corrected chi connectivity index (χ3v) is 5.40. The third-order valence-electron chi connectivity index (χ3n) is 5.40. The van der Waals surface area contributed by atoms with Crippen molar-refractivity contribution in [2.24, 2.45) is 0 Å². The fourth-order valence-electron chi connectivity index (χ4n) is 3.83. The van der Waals surface area contributed by atoms with Gasteiger partial charge in [0.1, 0.15) is 5.82 Å². The Balaban J connectivity index is 1.59. The van der Waals surface area contributed by atoms with Gasteiger partial charge in [0.15, 0.2) is 11.5 Å². The van der Waals surface area contributed by atoms with Crippen molar-refractivity contribution < 1.29 is 14.6 Å². The number of hydrogen-bond acceptors (Lipinski definition) is 6. The van der Waals surface area contributed by atoms with Gasteiger partial charge in [0, 0.05) is 30.8 Å². The van der Waals surface area contributed by atoms with Crippen molar-refractivity contribution in [1.29, 1.82) is 0 Å². The Morgan fingerprint density at radius 3 is 2.63 bits per heavy atom. The molecule has 7 nitrogen and oxygen atoms in total. The van der Waals surface area contributed by atoms with Gasteiger partial charge in [-0.15, -0.1) is 0 Å². The molecule has 1 aromatic heterocycles. The molecule has 2 N–H and O–H groups in total. The van der Waals surface area contributed by atoms with Crippen molar-refractivity contribution in [3.05, 3.63) is 69.1 Å². The summed E-state index contributed by atoms with van der Waals surface area (Å²) >= 11 is 0. The van der Waals surface area contributed by atoms with Crippen molar-refractivity contribution in [1.82, 2.24) is 14.9 Å². The van der Waals surface area contributed by atoms with Gasteiger partial charge in [-0.1, -0.05) is 29.8 Å². The molecule has 2 aromatic carbocycles. The first-order valence-electron chi connectivity index (χ1n) is 9.84. The van der Waals surface area contributed by atoms with E-state index in [0.717, 1.165) is 34.5 Å². The Bertz CT molecular complexity index is 1120. The summed E-state index contributed by atoms with van der Waals surface area (Å²) in [6.45, 7) is 3.92. The van der Waals surface area contributed by atoms with Gasteiger partial charge in [-0.3, -0.25) is 9.69 Å². The predicted octanol–water partition coefficient (Wildman–Crippen LogP) is 3.03. The van der Waals surface area contributed by atoms with E-state index in [2.05, 4.69) is 9.88 Å². The molecule has 0 aliphatic carbocycles. The van der Waals surface area contributed by atoms with E-state index < -0.39 is 0 Å². The van der Waals surface area contributed by atoms with Crippen LogP contribution in [0, 0.1) is 6.92 Å². The zero-order valence-corrected chi connectivity index (χ0v) is 17.4. The molecule has 7 heteroatoms. The number of nitrogens with one attached hydrogen (secondary N) is 1. The molecule has 4 rings (SSSR count). The van der Waals surface area contributed by atoms with Crippen LogP contribution in [0.2, 0.25) is 0 Å². The Morgan fingerprint density at radius 1 is 1.17 bits per heavy atom. The topological polar surface area (TPSA) is 87.7 Å². The van der Waals surface area contributed by atoms with Gasteiger partial charge in [0.2, 0.25) is 5.75 Å². The van der Waals surface area contributed by atoms with E-state index in [0.29, 0.717) is 36.8 Å². The molecular weight excluding hydrogens is 382 g/mol. The van der Waals surface area contributed by atoms with E-state index >= 15 is 0 Å². The number of aromatic hydroxyl groups is 1. The molecule has 1 aliphatic rings. The third kappa shape index (κ3) is 3.89. The highest BCUT2D eigenvalue weighted by atomic mass is 16.5. The minimum atomic E-state index is -0.0704.